The van der Waals surface area contributed by atoms with Gasteiger partial charge in [0.15, 0.2) is 52.4 Å². The van der Waals surface area contributed by atoms with Crippen LogP contribution >= 0.6 is 0 Å². The third kappa shape index (κ3) is 13.5. The van der Waals surface area contributed by atoms with E-state index in [1.54, 1.807) is 0 Å². The normalized spacial score (nSPS) is 13.3. The number of furan rings is 3. The minimum absolute atomic E-state index is 0.0726. The van der Waals surface area contributed by atoms with E-state index in [1.807, 2.05) is 170 Å². The van der Waals surface area contributed by atoms with Crippen molar-refractivity contribution < 1.29 is 13.3 Å². The van der Waals surface area contributed by atoms with Crippen molar-refractivity contribution in [3.63, 3.8) is 0 Å². The highest BCUT2D eigenvalue weighted by Crippen LogP contribution is 2.55. The molecule has 3 aliphatic carbocycles. The molecule has 0 amide bonds. The fraction of sp³-hybridized carbons (Fsp3) is 0.0750. The van der Waals surface area contributed by atoms with Gasteiger partial charge in [-0.05, 0) is 186 Å². The third-order valence-electron chi connectivity index (χ3n) is 26.8. The van der Waals surface area contributed by atoms with E-state index in [9.17, 15) is 0 Å². The van der Waals surface area contributed by atoms with Gasteiger partial charge in [-0.25, -0.2) is 44.9 Å². The molecule has 23 aromatic rings. The van der Waals surface area contributed by atoms with Gasteiger partial charge in [-0.3, -0.25) is 0 Å². The van der Waals surface area contributed by atoms with Crippen molar-refractivity contribution in [2.45, 2.75) is 57.8 Å². The van der Waals surface area contributed by atoms with E-state index in [-0.39, 0.29) is 16.2 Å². The molecule has 17 aromatic carbocycles. The first-order chi connectivity index (χ1) is 64.6. The van der Waals surface area contributed by atoms with E-state index in [0.29, 0.717) is 52.4 Å². The smallest absolute Gasteiger partial charge is 0.164 e. The highest BCUT2D eigenvalue weighted by Gasteiger charge is 2.40. The van der Waals surface area contributed by atoms with Crippen LogP contribution in [0, 0.1) is 0 Å². The Bertz CT molecular complexity index is 8480. The van der Waals surface area contributed by atoms with E-state index in [2.05, 4.69) is 266 Å². The van der Waals surface area contributed by atoms with Crippen LogP contribution in [0.15, 0.2) is 408 Å². The van der Waals surface area contributed by atoms with E-state index in [1.165, 1.54) is 66.8 Å². The van der Waals surface area contributed by atoms with Crippen molar-refractivity contribution in [3.05, 3.63) is 428 Å². The molecule has 0 unspecified atom stereocenters. The molecule has 6 aromatic heterocycles. The van der Waals surface area contributed by atoms with Crippen molar-refractivity contribution in [2.24, 2.45) is 0 Å². The third-order valence-corrected chi connectivity index (χ3v) is 26.8. The Balaban J connectivity index is 0.000000110. The molecule has 626 valence electrons. The van der Waals surface area contributed by atoms with Gasteiger partial charge in [0.2, 0.25) is 0 Å². The summed E-state index contributed by atoms with van der Waals surface area (Å²) in [5.74, 6) is 5.73. The van der Waals surface area contributed by atoms with Gasteiger partial charge in [-0.15, -0.1) is 0 Å². The summed E-state index contributed by atoms with van der Waals surface area (Å²) in [6, 6.07) is 136. The Labute approximate surface area is 762 Å². The zero-order valence-electron chi connectivity index (χ0n) is 73.3. The second kappa shape index (κ2) is 31.3. The molecular weight excluding hydrogens is 1620 g/mol. The number of aromatic nitrogens is 9. The molecule has 0 aliphatic heterocycles. The summed E-state index contributed by atoms with van der Waals surface area (Å²) in [5.41, 5.74) is 33.6. The monoisotopic (exact) mass is 1700 g/mol. The molecule has 0 atom stereocenters. The van der Waals surface area contributed by atoms with Gasteiger partial charge < -0.3 is 13.3 Å². The Morgan fingerprint density at radius 3 is 0.705 bits per heavy atom. The molecular formula is C120H83N9O3. The van der Waals surface area contributed by atoms with Gasteiger partial charge in [-0.1, -0.05) is 339 Å². The molecule has 12 nitrogen and oxygen atoms in total. The topological polar surface area (TPSA) is 155 Å². The van der Waals surface area contributed by atoms with Crippen molar-refractivity contribution in [2.75, 3.05) is 0 Å². The van der Waals surface area contributed by atoms with E-state index < -0.39 is 0 Å². The highest BCUT2D eigenvalue weighted by atomic mass is 16.3. The summed E-state index contributed by atoms with van der Waals surface area (Å²) >= 11 is 0. The van der Waals surface area contributed by atoms with Crippen LogP contribution in [0.4, 0.5) is 0 Å². The summed E-state index contributed by atoms with van der Waals surface area (Å²) in [6.45, 7) is 13.8. The minimum Gasteiger partial charge on any atom is -0.456 e. The first kappa shape index (κ1) is 78.6. The summed E-state index contributed by atoms with van der Waals surface area (Å²) in [5, 5.41) is 6.44. The van der Waals surface area contributed by atoms with Gasteiger partial charge in [0.25, 0.3) is 0 Å². The Kier molecular flexibility index (Phi) is 18.6. The number of rotatable bonds is 11. The molecule has 6 heterocycles. The minimum atomic E-state index is -0.0879. The number of benzene rings is 17. The second-order valence-electron chi connectivity index (χ2n) is 35.9. The van der Waals surface area contributed by atoms with Crippen molar-refractivity contribution in [1.29, 1.82) is 0 Å². The second-order valence-corrected chi connectivity index (χ2v) is 35.9. The molecule has 132 heavy (non-hydrogen) atoms. The molecule has 0 radical (unpaired) electrons. The van der Waals surface area contributed by atoms with Crippen LogP contribution in [-0.2, 0) is 16.2 Å². The van der Waals surface area contributed by atoms with Gasteiger partial charge >= 0.3 is 0 Å². The first-order valence-corrected chi connectivity index (χ1v) is 44.8. The van der Waals surface area contributed by atoms with Gasteiger partial charge in [0.05, 0.1) is 0 Å². The fourth-order valence-corrected chi connectivity index (χ4v) is 20.0. The maximum absolute atomic E-state index is 6.46. The lowest BCUT2D eigenvalue weighted by Gasteiger charge is -2.21. The molecule has 12 heteroatoms. The van der Waals surface area contributed by atoms with Gasteiger partial charge in [0.1, 0.15) is 33.5 Å². The number of nitrogens with zero attached hydrogens (tertiary/aromatic N) is 9. The first-order valence-electron chi connectivity index (χ1n) is 44.8. The summed E-state index contributed by atoms with van der Waals surface area (Å²) in [6.07, 6.45) is 0. The average molecular weight is 1700 g/mol. The molecule has 0 saturated heterocycles. The summed E-state index contributed by atoms with van der Waals surface area (Å²) in [4.78, 5) is 44.9. The predicted octanol–water partition coefficient (Wildman–Crippen LogP) is 30.6. The van der Waals surface area contributed by atoms with Crippen LogP contribution < -0.4 is 0 Å². The summed E-state index contributed by atoms with van der Waals surface area (Å²) in [7, 11) is 0. The lowest BCUT2D eigenvalue weighted by Crippen LogP contribution is -2.14. The zero-order chi connectivity index (χ0) is 88.5. The number of hydrogen-bond acceptors (Lipinski definition) is 12. The molecule has 0 fully saturated rings. The standard InChI is InChI=1S/2C42H29N3O.C36H25N3O/c1-42(2)35-20-12-11-18-30(35)32-24-34-33-23-28(21-22-37(33)46-38(34)25-36(32)42)40-43-39(27-15-7-4-8-16-27)44-41(45-40)31-19-10-9-17-29(31)26-13-5-3-6-14-26;1-42(2)35-19-10-9-18-31(35)32-24-34-33-23-30(20-21-37(33)46-38(34)25-36(32)42)41-44-39(27-14-7-4-8-15-27)43-40(45-41)29-17-11-16-28(22-29)26-12-5-3-6-13-26;1-36(2)29-16-10-9-15-25(29)26-20-28-27-19-24(17-18-31(27)40-32(28)21-30(26)36)35-38-33(22-11-5-3-6-12-22)37-34(39-35)23-13-7-4-8-14-23/h2*3-25H,1-2H3;3-21H,1-2H3. The zero-order valence-corrected chi connectivity index (χ0v) is 73.3. The van der Waals surface area contributed by atoms with Gasteiger partial charge in [0, 0.05) is 98.6 Å². The Hall–Kier alpha value is -16.8. The molecule has 0 bridgehead atoms. The molecule has 0 spiro atoms. The van der Waals surface area contributed by atoms with E-state index in [4.69, 9.17) is 58.1 Å². The van der Waals surface area contributed by atoms with Crippen LogP contribution in [0.2, 0.25) is 0 Å². The highest BCUT2D eigenvalue weighted by molar-refractivity contribution is 6.12. The van der Waals surface area contributed by atoms with Crippen LogP contribution in [-0.4, -0.2) is 44.9 Å². The number of hydrogen-bond donors (Lipinski definition) is 0. The van der Waals surface area contributed by atoms with Gasteiger partial charge in [-0.2, -0.15) is 0 Å². The Morgan fingerprint density at radius 1 is 0.144 bits per heavy atom. The predicted molar refractivity (Wildman–Crippen MR) is 534 cm³/mol. The van der Waals surface area contributed by atoms with Crippen LogP contribution in [0.25, 0.3) is 224 Å². The number of fused-ring (bicyclic) bond motifs is 18. The lowest BCUT2D eigenvalue weighted by atomic mass is 9.82. The quantitative estimate of drug-likeness (QED) is 0.121. The van der Waals surface area contributed by atoms with Crippen molar-refractivity contribution >= 4 is 65.8 Å². The van der Waals surface area contributed by atoms with Crippen LogP contribution in [0.5, 0.6) is 0 Å². The molecule has 3 aliphatic rings. The average Bonchev–Trinajstić information content (AvgIpc) is 1.57. The van der Waals surface area contributed by atoms with Crippen LogP contribution in [0.3, 0.4) is 0 Å². The Morgan fingerprint density at radius 2 is 0.379 bits per heavy atom. The van der Waals surface area contributed by atoms with Crippen molar-refractivity contribution in [3.8, 4) is 158 Å². The van der Waals surface area contributed by atoms with Crippen molar-refractivity contribution in [1.82, 2.24) is 44.9 Å². The molecule has 26 rings (SSSR count). The van der Waals surface area contributed by atoms with E-state index >= 15 is 0 Å². The fourth-order valence-electron chi connectivity index (χ4n) is 20.0. The van der Waals surface area contributed by atoms with Crippen LogP contribution in [0.1, 0.15) is 74.9 Å². The largest absolute Gasteiger partial charge is 0.456 e. The SMILES string of the molecule is CC1(C)c2ccccc2-c2cc3c(cc21)oc1ccc(-c2nc(-c4ccccc4)nc(-c4cccc(-c5ccccc5)c4)n2)cc13.CC1(C)c2ccccc2-c2cc3c(cc21)oc1ccc(-c2nc(-c4ccccc4)nc(-c4ccccc4)n2)cc13.CC1(C)c2ccccc2-c2cc3c(cc21)oc1ccc(-c2nc(-c4ccccc4)nc(-c4ccccc4-c4ccccc4)n2)cc13. The lowest BCUT2D eigenvalue weighted by molar-refractivity contribution is 0.647. The molecule has 0 saturated carbocycles. The summed E-state index contributed by atoms with van der Waals surface area (Å²) < 4.78 is 19.3. The molecule has 0 N–H and O–H groups in total. The van der Waals surface area contributed by atoms with E-state index in [0.717, 1.165) is 138 Å². The maximum Gasteiger partial charge on any atom is 0.164 e. The maximum atomic E-state index is 6.46.